The Hall–Kier alpha value is -0.130. The molecule has 2 rings (SSSR count). The Morgan fingerprint density at radius 2 is 2.00 bits per heavy atom. The molecule has 0 amide bonds. The van der Waals surface area contributed by atoms with Crippen molar-refractivity contribution in [3.8, 4) is 0 Å². The van der Waals surface area contributed by atoms with Crippen LogP contribution in [0.2, 0.25) is 0 Å². The van der Waals surface area contributed by atoms with E-state index in [4.69, 9.17) is 4.74 Å². The molecule has 0 bridgehead atoms. The third kappa shape index (κ3) is 3.16. The fourth-order valence-corrected chi connectivity index (χ4v) is 2.15. The van der Waals surface area contributed by atoms with E-state index in [-0.39, 0.29) is 0 Å². The number of ether oxygens (including phenoxy) is 1. The lowest BCUT2D eigenvalue weighted by molar-refractivity contribution is 0.0170. The van der Waals surface area contributed by atoms with Crippen LogP contribution in [0, 0.1) is 3.57 Å². The lowest BCUT2D eigenvalue weighted by atomic mass is 9.89. The number of rotatable bonds is 4. The first-order chi connectivity index (χ1) is 7.28. The van der Waals surface area contributed by atoms with Gasteiger partial charge < -0.3 is 10.1 Å². The highest BCUT2D eigenvalue weighted by molar-refractivity contribution is 14.1. The van der Waals surface area contributed by atoms with Crippen LogP contribution in [0.15, 0.2) is 24.3 Å². The van der Waals surface area contributed by atoms with Crippen LogP contribution < -0.4 is 5.32 Å². The summed E-state index contributed by atoms with van der Waals surface area (Å²) in [5, 5.41) is 3.54. The molecule has 1 N–H and O–H groups in total. The number of nitrogens with one attached hydrogen (secondary N) is 1. The molecule has 1 aliphatic carbocycles. The van der Waals surface area contributed by atoms with Gasteiger partial charge in [0.15, 0.2) is 0 Å². The first-order valence-electron chi connectivity index (χ1n) is 5.28. The first kappa shape index (κ1) is 11.4. The van der Waals surface area contributed by atoms with E-state index in [0.29, 0.717) is 12.1 Å². The van der Waals surface area contributed by atoms with Crippen LogP contribution >= 0.6 is 22.6 Å². The second kappa shape index (κ2) is 5.27. The van der Waals surface area contributed by atoms with Crippen molar-refractivity contribution in [3.63, 3.8) is 0 Å². The Morgan fingerprint density at radius 1 is 1.33 bits per heavy atom. The summed E-state index contributed by atoms with van der Waals surface area (Å²) in [6.07, 6.45) is 2.79. The molecular formula is C12H16INO. The number of halogens is 1. The molecule has 0 atom stereocenters. The lowest BCUT2D eigenvalue weighted by Gasteiger charge is -2.34. The van der Waals surface area contributed by atoms with Gasteiger partial charge in [-0.25, -0.2) is 0 Å². The average Bonchev–Trinajstić information content (AvgIpc) is 2.19. The highest BCUT2D eigenvalue weighted by Gasteiger charge is 2.28. The Labute approximate surface area is 105 Å². The van der Waals surface area contributed by atoms with Crippen LogP contribution in [-0.4, -0.2) is 19.3 Å². The van der Waals surface area contributed by atoms with Crippen molar-refractivity contribution in [2.45, 2.75) is 31.5 Å². The van der Waals surface area contributed by atoms with Gasteiger partial charge in [0.1, 0.15) is 0 Å². The molecule has 0 unspecified atom stereocenters. The van der Waals surface area contributed by atoms with Gasteiger partial charge in [0, 0.05) is 23.3 Å². The van der Waals surface area contributed by atoms with Crippen molar-refractivity contribution in [2.24, 2.45) is 0 Å². The maximum absolute atomic E-state index is 5.24. The first-order valence-corrected chi connectivity index (χ1v) is 6.36. The molecule has 1 fully saturated rings. The van der Waals surface area contributed by atoms with Gasteiger partial charge >= 0.3 is 0 Å². The molecule has 15 heavy (non-hydrogen) atoms. The van der Waals surface area contributed by atoms with E-state index >= 15 is 0 Å². The monoisotopic (exact) mass is 317 g/mol. The molecule has 0 aliphatic heterocycles. The highest BCUT2D eigenvalue weighted by atomic mass is 127. The van der Waals surface area contributed by atoms with Gasteiger partial charge in [0.25, 0.3) is 0 Å². The number of hydrogen-bond donors (Lipinski definition) is 1. The molecule has 82 valence electrons. The molecule has 0 heterocycles. The maximum Gasteiger partial charge on any atom is 0.0601 e. The minimum Gasteiger partial charge on any atom is -0.381 e. The van der Waals surface area contributed by atoms with Gasteiger partial charge in [0.2, 0.25) is 0 Å². The minimum absolute atomic E-state index is 0.485. The Balaban J connectivity index is 1.72. The molecule has 3 heteroatoms. The molecule has 0 radical (unpaired) electrons. The zero-order valence-corrected chi connectivity index (χ0v) is 11.0. The molecule has 1 saturated carbocycles. The number of methoxy groups -OCH3 is 1. The standard InChI is InChI=1S/C12H16INO/c1-15-12-6-11(7-12)14-8-9-2-4-10(13)5-3-9/h2-5,11-12,14H,6-8H2,1H3. The second-order valence-electron chi connectivity index (χ2n) is 4.03. The van der Waals surface area contributed by atoms with Gasteiger partial charge in [-0.2, -0.15) is 0 Å². The van der Waals surface area contributed by atoms with Gasteiger partial charge in [-0.1, -0.05) is 12.1 Å². The average molecular weight is 317 g/mol. The molecule has 1 aromatic carbocycles. The van der Waals surface area contributed by atoms with Crippen LogP contribution in [0.5, 0.6) is 0 Å². The van der Waals surface area contributed by atoms with Crippen molar-refractivity contribution in [1.29, 1.82) is 0 Å². The predicted molar refractivity (Wildman–Crippen MR) is 69.8 cm³/mol. The van der Waals surface area contributed by atoms with E-state index in [1.807, 2.05) is 0 Å². The van der Waals surface area contributed by atoms with Crippen molar-refractivity contribution in [2.75, 3.05) is 7.11 Å². The summed E-state index contributed by atoms with van der Waals surface area (Å²) in [6.45, 7) is 0.970. The van der Waals surface area contributed by atoms with Gasteiger partial charge in [-0.15, -0.1) is 0 Å². The molecular weight excluding hydrogens is 301 g/mol. The highest BCUT2D eigenvalue weighted by Crippen LogP contribution is 2.22. The SMILES string of the molecule is COC1CC(NCc2ccc(I)cc2)C1. The smallest absolute Gasteiger partial charge is 0.0601 e. The van der Waals surface area contributed by atoms with Crippen molar-refractivity contribution in [1.82, 2.24) is 5.32 Å². The van der Waals surface area contributed by atoms with Crippen LogP contribution in [0.3, 0.4) is 0 Å². The summed E-state index contributed by atoms with van der Waals surface area (Å²) >= 11 is 2.33. The Kier molecular flexibility index (Phi) is 3.99. The Morgan fingerprint density at radius 3 is 2.60 bits per heavy atom. The largest absolute Gasteiger partial charge is 0.381 e. The van der Waals surface area contributed by atoms with Crippen LogP contribution in [0.25, 0.3) is 0 Å². The molecule has 1 aliphatic rings. The van der Waals surface area contributed by atoms with Gasteiger partial charge in [0.05, 0.1) is 6.10 Å². The van der Waals surface area contributed by atoms with E-state index in [2.05, 4.69) is 52.2 Å². The lowest BCUT2D eigenvalue weighted by Crippen LogP contribution is -2.44. The molecule has 1 aromatic rings. The van der Waals surface area contributed by atoms with E-state index < -0.39 is 0 Å². The fraction of sp³-hybridized carbons (Fsp3) is 0.500. The normalized spacial score (nSPS) is 24.9. The number of benzene rings is 1. The summed E-state index contributed by atoms with van der Waals surface area (Å²) in [4.78, 5) is 0. The summed E-state index contributed by atoms with van der Waals surface area (Å²) in [5.41, 5.74) is 1.36. The molecule has 0 spiro atoms. The second-order valence-corrected chi connectivity index (χ2v) is 5.28. The van der Waals surface area contributed by atoms with Crippen LogP contribution in [0.1, 0.15) is 18.4 Å². The van der Waals surface area contributed by atoms with Crippen molar-refractivity contribution in [3.05, 3.63) is 33.4 Å². The zero-order valence-electron chi connectivity index (χ0n) is 8.87. The van der Waals surface area contributed by atoms with E-state index in [1.165, 1.54) is 9.13 Å². The molecule has 0 aromatic heterocycles. The summed E-state index contributed by atoms with van der Waals surface area (Å²) in [5.74, 6) is 0. The molecule has 0 saturated heterocycles. The fourth-order valence-electron chi connectivity index (χ4n) is 1.79. The predicted octanol–water partition coefficient (Wildman–Crippen LogP) is 2.56. The van der Waals surface area contributed by atoms with Gasteiger partial charge in [-0.3, -0.25) is 0 Å². The van der Waals surface area contributed by atoms with Crippen molar-refractivity contribution >= 4 is 22.6 Å². The maximum atomic E-state index is 5.24. The third-order valence-electron chi connectivity index (χ3n) is 2.94. The number of hydrogen-bond acceptors (Lipinski definition) is 2. The van der Waals surface area contributed by atoms with E-state index in [0.717, 1.165) is 19.4 Å². The summed E-state index contributed by atoms with van der Waals surface area (Å²) in [7, 11) is 1.79. The Bertz CT molecular complexity index is 306. The topological polar surface area (TPSA) is 21.3 Å². The van der Waals surface area contributed by atoms with Crippen LogP contribution in [0.4, 0.5) is 0 Å². The van der Waals surface area contributed by atoms with Crippen molar-refractivity contribution < 1.29 is 4.74 Å². The minimum atomic E-state index is 0.485. The summed E-state index contributed by atoms with van der Waals surface area (Å²) < 4.78 is 6.53. The van der Waals surface area contributed by atoms with E-state index in [9.17, 15) is 0 Å². The quantitative estimate of drug-likeness (QED) is 0.862. The van der Waals surface area contributed by atoms with Crippen LogP contribution in [-0.2, 0) is 11.3 Å². The zero-order chi connectivity index (χ0) is 10.7. The third-order valence-corrected chi connectivity index (χ3v) is 3.66. The van der Waals surface area contributed by atoms with E-state index in [1.54, 1.807) is 7.11 Å². The van der Waals surface area contributed by atoms with Gasteiger partial charge in [-0.05, 0) is 53.1 Å². The molecule has 2 nitrogen and oxygen atoms in total. The summed E-state index contributed by atoms with van der Waals surface area (Å²) in [6, 6.07) is 9.31.